The molecule has 0 radical (unpaired) electrons. The highest BCUT2D eigenvalue weighted by atomic mass is 19.1. The summed E-state index contributed by atoms with van der Waals surface area (Å²) in [6.45, 7) is 1.54. The quantitative estimate of drug-likeness (QED) is 0.444. The molecule has 1 aromatic carbocycles. The Balaban J connectivity index is 1.78. The molecule has 8 nitrogen and oxygen atoms in total. The van der Waals surface area contributed by atoms with Crippen molar-refractivity contribution in [1.29, 1.82) is 0 Å². The van der Waals surface area contributed by atoms with Crippen LogP contribution in [0.3, 0.4) is 0 Å². The largest absolute Gasteiger partial charge is 0.443 e. The Hall–Kier alpha value is -4.21. The number of aromatic nitrogens is 4. The van der Waals surface area contributed by atoms with Crippen molar-refractivity contribution in [1.82, 2.24) is 19.5 Å². The molecule has 0 spiro atoms. The van der Waals surface area contributed by atoms with Gasteiger partial charge in [0.1, 0.15) is 29.3 Å². The van der Waals surface area contributed by atoms with E-state index >= 15 is 0 Å². The van der Waals surface area contributed by atoms with Crippen molar-refractivity contribution in [2.45, 2.75) is 19.3 Å². The van der Waals surface area contributed by atoms with Crippen molar-refractivity contribution >= 4 is 11.6 Å². The van der Waals surface area contributed by atoms with E-state index < -0.39 is 23.3 Å². The maximum Gasteiger partial charge on any atom is 0.250 e. The molecule has 1 atom stereocenters. The summed E-state index contributed by atoms with van der Waals surface area (Å²) in [6, 6.07) is 6.40. The number of ketones is 1. The molecule has 4 rings (SSSR count). The topological polar surface area (TPSA) is 117 Å². The molecule has 0 saturated carbocycles. The summed E-state index contributed by atoms with van der Waals surface area (Å²) in [6.07, 6.45) is 4.05. The van der Waals surface area contributed by atoms with Gasteiger partial charge in [-0.25, -0.2) is 23.7 Å². The van der Waals surface area contributed by atoms with Gasteiger partial charge in [0.25, 0.3) is 0 Å². The Kier molecular flexibility index (Phi) is 5.82. The minimum absolute atomic E-state index is 0.124. The number of halogens is 2. The van der Waals surface area contributed by atoms with Gasteiger partial charge in [0.15, 0.2) is 17.3 Å². The van der Waals surface area contributed by atoms with E-state index in [4.69, 9.17) is 10.2 Å². The number of nitrogen functional groups attached to an aromatic ring is 1. The van der Waals surface area contributed by atoms with E-state index in [0.29, 0.717) is 5.56 Å². The standard InChI is InChI=1S/C23H19F2N5O3/c1-12(18-14(24)4-3-5-15(18)25)10-16(31)20-22(26)29-21(23-27-8-9-33-23)19(28-20)13-6-7-17(32)30(2)11-13/h3-9,11-12H,10H2,1-2H3,(H2,26,29). The van der Waals surface area contributed by atoms with Crippen LogP contribution in [0.5, 0.6) is 0 Å². The minimum Gasteiger partial charge on any atom is -0.443 e. The van der Waals surface area contributed by atoms with Crippen molar-refractivity contribution in [2.75, 3.05) is 5.73 Å². The van der Waals surface area contributed by atoms with Gasteiger partial charge in [-0.2, -0.15) is 0 Å². The molecule has 0 saturated heterocycles. The second-order valence-corrected chi connectivity index (χ2v) is 7.52. The highest BCUT2D eigenvalue weighted by molar-refractivity contribution is 5.99. The molecule has 0 aliphatic rings. The van der Waals surface area contributed by atoms with Crippen LogP contribution in [0.4, 0.5) is 14.6 Å². The van der Waals surface area contributed by atoms with E-state index in [-0.39, 0.29) is 46.3 Å². The van der Waals surface area contributed by atoms with Crippen LogP contribution >= 0.6 is 0 Å². The van der Waals surface area contributed by atoms with Gasteiger partial charge in [-0.15, -0.1) is 0 Å². The van der Waals surface area contributed by atoms with Crippen LogP contribution in [-0.4, -0.2) is 25.3 Å². The molecule has 168 valence electrons. The molecule has 1 unspecified atom stereocenters. The highest BCUT2D eigenvalue weighted by Crippen LogP contribution is 2.31. The summed E-state index contributed by atoms with van der Waals surface area (Å²) in [4.78, 5) is 37.6. The number of rotatable bonds is 6. The molecule has 3 aromatic heterocycles. The Morgan fingerprint density at radius 1 is 1.15 bits per heavy atom. The van der Waals surface area contributed by atoms with Crippen LogP contribution < -0.4 is 11.3 Å². The number of Topliss-reactive ketones (excluding diaryl/α,β-unsaturated/α-hetero) is 1. The molecule has 4 aromatic rings. The SMILES string of the molecule is CC(CC(=O)c1nc(-c2ccc(=O)n(C)c2)c(-c2ncco2)nc1N)c1c(F)cccc1F. The number of aryl methyl sites for hydroxylation is 1. The number of benzene rings is 1. The number of carbonyl (C=O) groups is 1. The first-order valence-corrected chi connectivity index (χ1v) is 9.97. The van der Waals surface area contributed by atoms with E-state index in [0.717, 1.165) is 12.1 Å². The molecule has 2 N–H and O–H groups in total. The van der Waals surface area contributed by atoms with Crippen molar-refractivity contribution < 1.29 is 18.0 Å². The molecule has 3 heterocycles. The van der Waals surface area contributed by atoms with Gasteiger partial charge in [-0.3, -0.25) is 9.59 Å². The molecule has 33 heavy (non-hydrogen) atoms. The second kappa shape index (κ2) is 8.73. The van der Waals surface area contributed by atoms with Gasteiger partial charge in [0.05, 0.1) is 6.20 Å². The maximum absolute atomic E-state index is 14.1. The number of hydrogen-bond donors (Lipinski definition) is 1. The van der Waals surface area contributed by atoms with Crippen molar-refractivity contribution in [3.05, 3.63) is 82.2 Å². The Labute approximate surface area is 186 Å². The minimum atomic E-state index is -0.771. The Bertz CT molecular complexity index is 1380. The van der Waals surface area contributed by atoms with Crippen molar-refractivity contribution in [3.63, 3.8) is 0 Å². The summed E-state index contributed by atoms with van der Waals surface area (Å²) in [5, 5.41) is 0. The van der Waals surface area contributed by atoms with Crippen LogP contribution in [0.25, 0.3) is 22.8 Å². The smallest absolute Gasteiger partial charge is 0.250 e. The number of oxazole rings is 1. The first-order chi connectivity index (χ1) is 15.8. The monoisotopic (exact) mass is 451 g/mol. The summed E-state index contributed by atoms with van der Waals surface area (Å²) >= 11 is 0. The lowest BCUT2D eigenvalue weighted by Gasteiger charge is -2.15. The normalized spacial score (nSPS) is 12.0. The molecule has 0 fully saturated rings. The fourth-order valence-corrected chi connectivity index (χ4v) is 3.54. The average Bonchev–Trinajstić information content (AvgIpc) is 3.30. The zero-order valence-electron chi connectivity index (χ0n) is 17.8. The van der Waals surface area contributed by atoms with Crippen molar-refractivity contribution in [2.24, 2.45) is 7.05 Å². The zero-order valence-corrected chi connectivity index (χ0v) is 17.8. The molecule has 0 aliphatic carbocycles. The first kappa shape index (κ1) is 22.0. The van der Waals surface area contributed by atoms with Crippen molar-refractivity contribution in [3.8, 4) is 22.8 Å². The summed E-state index contributed by atoms with van der Waals surface area (Å²) in [5.74, 6) is -2.84. The van der Waals surface area contributed by atoms with Crippen LogP contribution in [-0.2, 0) is 7.05 Å². The lowest BCUT2D eigenvalue weighted by molar-refractivity contribution is 0.0971. The lowest BCUT2D eigenvalue weighted by Crippen LogP contribution is -2.16. The molecule has 0 amide bonds. The van der Waals surface area contributed by atoms with Gasteiger partial charge >= 0.3 is 0 Å². The van der Waals surface area contributed by atoms with E-state index in [2.05, 4.69) is 15.0 Å². The summed E-state index contributed by atoms with van der Waals surface area (Å²) < 4.78 is 35.0. The van der Waals surface area contributed by atoms with E-state index in [9.17, 15) is 18.4 Å². The van der Waals surface area contributed by atoms with Crippen LogP contribution in [0.2, 0.25) is 0 Å². The van der Waals surface area contributed by atoms with Gasteiger partial charge < -0.3 is 14.7 Å². The number of hydrogen-bond acceptors (Lipinski definition) is 7. The third-order valence-electron chi connectivity index (χ3n) is 5.17. The number of pyridine rings is 1. The molecule has 0 bridgehead atoms. The number of carbonyl (C=O) groups excluding carboxylic acids is 1. The fourth-order valence-electron chi connectivity index (χ4n) is 3.54. The average molecular weight is 451 g/mol. The Morgan fingerprint density at radius 2 is 1.88 bits per heavy atom. The molecular formula is C23H19F2N5O3. The fraction of sp³-hybridized carbons (Fsp3) is 0.174. The highest BCUT2D eigenvalue weighted by Gasteiger charge is 2.25. The van der Waals surface area contributed by atoms with E-state index in [1.807, 2.05) is 0 Å². The molecule has 10 heteroatoms. The predicted octanol–water partition coefficient (Wildman–Crippen LogP) is 3.73. The van der Waals surface area contributed by atoms with Gasteiger partial charge in [-0.1, -0.05) is 13.0 Å². The van der Waals surface area contributed by atoms with Gasteiger partial charge in [0.2, 0.25) is 11.4 Å². The first-order valence-electron chi connectivity index (χ1n) is 9.97. The number of anilines is 1. The molecular weight excluding hydrogens is 432 g/mol. The van der Waals surface area contributed by atoms with Crippen LogP contribution in [0.1, 0.15) is 35.3 Å². The lowest BCUT2D eigenvalue weighted by atomic mass is 9.93. The number of nitrogens with zero attached hydrogens (tertiary/aromatic N) is 4. The zero-order chi connectivity index (χ0) is 23.7. The summed E-state index contributed by atoms with van der Waals surface area (Å²) in [5.41, 5.74) is 6.33. The third-order valence-corrected chi connectivity index (χ3v) is 5.17. The van der Waals surface area contributed by atoms with Crippen LogP contribution in [0, 0.1) is 11.6 Å². The predicted molar refractivity (Wildman–Crippen MR) is 116 cm³/mol. The number of nitrogens with two attached hydrogens (primary N) is 1. The van der Waals surface area contributed by atoms with E-state index in [1.165, 1.54) is 48.3 Å². The Morgan fingerprint density at radius 3 is 2.52 bits per heavy atom. The third kappa shape index (κ3) is 4.27. The van der Waals surface area contributed by atoms with Crippen LogP contribution in [0.15, 0.2) is 58.2 Å². The maximum atomic E-state index is 14.1. The van der Waals surface area contributed by atoms with Gasteiger partial charge in [0, 0.05) is 36.9 Å². The van der Waals surface area contributed by atoms with Gasteiger partial charge in [-0.05, 0) is 24.1 Å². The molecule has 0 aliphatic heterocycles. The summed E-state index contributed by atoms with van der Waals surface area (Å²) in [7, 11) is 1.57. The van der Waals surface area contributed by atoms with E-state index in [1.54, 1.807) is 7.05 Å². The second-order valence-electron chi connectivity index (χ2n) is 7.52.